The standard InChI is InChI=1S/C17H25NO2/c1-2-3-11-18(16-7-5-4-6-8-16)14-17(15-19)9-12-20-13-10-17/h4-8,15H,2-3,9-14H2,1H3. The van der Waals surface area contributed by atoms with E-state index in [4.69, 9.17) is 4.74 Å². The molecule has 0 aromatic heterocycles. The molecule has 110 valence electrons. The molecular formula is C17H25NO2. The van der Waals surface area contributed by atoms with Gasteiger partial charge in [-0.2, -0.15) is 0 Å². The van der Waals surface area contributed by atoms with E-state index in [-0.39, 0.29) is 5.41 Å². The number of ether oxygens (including phenoxy) is 1. The minimum Gasteiger partial charge on any atom is -0.381 e. The van der Waals surface area contributed by atoms with Gasteiger partial charge < -0.3 is 14.4 Å². The van der Waals surface area contributed by atoms with Crippen LogP contribution in [0.1, 0.15) is 32.6 Å². The van der Waals surface area contributed by atoms with Crippen molar-refractivity contribution in [2.75, 3.05) is 31.2 Å². The van der Waals surface area contributed by atoms with Gasteiger partial charge in [0.2, 0.25) is 0 Å². The Morgan fingerprint density at radius 3 is 2.55 bits per heavy atom. The molecule has 0 amide bonds. The lowest BCUT2D eigenvalue weighted by Gasteiger charge is -2.38. The second kappa shape index (κ2) is 7.44. The Morgan fingerprint density at radius 2 is 1.95 bits per heavy atom. The number of nitrogens with zero attached hydrogens (tertiary/aromatic N) is 1. The van der Waals surface area contributed by atoms with E-state index in [1.807, 2.05) is 6.07 Å². The fraction of sp³-hybridized carbons (Fsp3) is 0.588. The summed E-state index contributed by atoms with van der Waals surface area (Å²) in [6, 6.07) is 10.4. The van der Waals surface area contributed by atoms with Gasteiger partial charge in [-0.3, -0.25) is 0 Å². The highest BCUT2D eigenvalue weighted by Crippen LogP contribution is 2.31. The van der Waals surface area contributed by atoms with E-state index in [2.05, 4.69) is 36.1 Å². The van der Waals surface area contributed by atoms with Crippen LogP contribution in [0.2, 0.25) is 0 Å². The summed E-state index contributed by atoms with van der Waals surface area (Å²) in [6.07, 6.45) is 5.16. The number of benzene rings is 1. The second-order valence-electron chi connectivity index (χ2n) is 5.70. The Morgan fingerprint density at radius 1 is 1.25 bits per heavy atom. The minimum atomic E-state index is -0.234. The summed E-state index contributed by atoms with van der Waals surface area (Å²) in [5, 5.41) is 0. The molecule has 1 aromatic rings. The van der Waals surface area contributed by atoms with Crippen molar-refractivity contribution >= 4 is 12.0 Å². The van der Waals surface area contributed by atoms with Crippen LogP contribution in [0.4, 0.5) is 5.69 Å². The molecule has 0 radical (unpaired) electrons. The Hall–Kier alpha value is -1.35. The van der Waals surface area contributed by atoms with E-state index < -0.39 is 0 Å². The summed E-state index contributed by atoms with van der Waals surface area (Å²) >= 11 is 0. The van der Waals surface area contributed by atoms with Crippen molar-refractivity contribution in [3.63, 3.8) is 0 Å². The summed E-state index contributed by atoms with van der Waals surface area (Å²) < 4.78 is 5.42. The van der Waals surface area contributed by atoms with Gasteiger partial charge >= 0.3 is 0 Å². The molecule has 1 aliphatic heterocycles. The molecule has 1 aromatic carbocycles. The fourth-order valence-corrected chi connectivity index (χ4v) is 2.76. The van der Waals surface area contributed by atoms with Crippen LogP contribution < -0.4 is 4.90 Å². The highest BCUT2D eigenvalue weighted by atomic mass is 16.5. The molecule has 1 saturated heterocycles. The van der Waals surface area contributed by atoms with Gasteiger partial charge in [0.25, 0.3) is 0 Å². The highest BCUT2D eigenvalue weighted by Gasteiger charge is 2.34. The molecular weight excluding hydrogens is 250 g/mol. The molecule has 0 spiro atoms. The van der Waals surface area contributed by atoms with Gasteiger partial charge in [0, 0.05) is 37.4 Å². The van der Waals surface area contributed by atoms with Crippen LogP contribution in [0.25, 0.3) is 0 Å². The molecule has 0 N–H and O–H groups in total. The number of unbranched alkanes of at least 4 members (excludes halogenated alkanes) is 1. The molecule has 2 rings (SSSR count). The minimum absolute atomic E-state index is 0.234. The summed E-state index contributed by atoms with van der Waals surface area (Å²) in [6.45, 7) is 5.43. The van der Waals surface area contributed by atoms with Gasteiger partial charge in [0.1, 0.15) is 6.29 Å². The van der Waals surface area contributed by atoms with Gasteiger partial charge in [-0.1, -0.05) is 31.5 Å². The van der Waals surface area contributed by atoms with Crippen molar-refractivity contribution in [2.45, 2.75) is 32.6 Å². The molecule has 0 bridgehead atoms. The number of hydrogen-bond acceptors (Lipinski definition) is 3. The van der Waals surface area contributed by atoms with Crippen molar-refractivity contribution in [1.82, 2.24) is 0 Å². The van der Waals surface area contributed by atoms with Gasteiger partial charge in [0.05, 0.1) is 0 Å². The number of rotatable bonds is 7. The van der Waals surface area contributed by atoms with E-state index >= 15 is 0 Å². The smallest absolute Gasteiger partial charge is 0.128 e. The monoisotopic (exact) mass is 275 g/mol. The Balaban J connectivity index is 2.12. The Bertz CT molecular complexity index is 399. The summed E-state index contributed by atoms with van der Waals surface area (Å²) in [7, 11) is 0. The third-order valence-corrected chi connectivity index (χ3v) is 4.15. The second-order valence-corrected chi connectivity index (χ2v) is 5.70. The molecule has 1 fully saturated rings. The van der Waals surface area contributed by atoms with Gasteiger partial charge in [-0.05, 0) is 31.4 Å². The van der Waals surface area contributed by atoms with Gasteiger partial charge in [0.15, 0.2) is 0 Å². The van der Waals surface area contributed by atoms with E-state index in [1.165, 1.54) is 12.1 Å². The van der Waals surface area contributed by atoms with Crippen LogP contribution in [0, 0.1) is 5.41 Å². The number of hydrogen-bond donors (Lipinski definition) is 0. The van der Waals surface area contributed by atoms with E-state index in [9.17, 15) is 4.79 Å². The fourth-order valence-electron chi connectivity index (χ4n) is 2.76. The van der Waals surface area contributed by atoms with Crippen molar-refractivity contribution < 1.29 is 9.53 Å². The largest absolute Gasteiger partial charge is 0.381 e. The first kappa shape index (κ1) is 15.0. The molecule has 0 aliphatic carbocycles. The van der Waals surface area contributed by atoms with E-state index in [0.29, 0.717) is 13.2 Å². The average Bonchev–Trinajstić information content (AvgIpc) is 2.53. The van der Waals surface area contributed by atoms with Crippen LogP contribution in [-0.2, 0) is 9.53 Å². The Kier molecular flexibility index (Phi) is 5.60. The van der Waals surface area contributed by atoms with Gasteiger partial charge in [-0.15, -0.1) is 0 Å². The number of para-hydroxylation sites is 1. The molecule has 20 heavy (non-hydrogen) atoms. The maximum Gasteiger partial charge on any atom is 0.128 e. The van der Waals surface area contributed by atoms with Crippen molar-refractivity contribution in [1.29, 1.82) is 0 Å². The number of aldehydes is 1. The lowest BCUT2D eigenvalue weighted by Crippen LogP contribution is -2.43. The highest BCUT2D eigenvalue weighted by molar-refractivity contribution is 5.62. The average molecular weight is 275 g/mol. The molecule has 3 nitrogen and oxygen atoms in total. The molecule has 3 heteroatoms. The lowest BCUT2D eigenvalue weighted by molar-refractivity contribution is -0.120. The summed E-state index contributed by atoms with van der Waals surface area (Å²) in [5.41, 5.74) is 0.982. The SMILES string of the molecule is CCCCN(CC1(C=O)CCOCC1)c1ccccc1. The first-order valence-corrected chi connectivity index (χ1v) is 7.64. The first-order chi connectivity index (χ1) is 9.79. The summed E-state index contributed by atoms with van der Waals surface area (Å²) in [4.78, 5) is 14.0. The molecule has 0 atom stereocenters. The van der Waals surface area contributed by atoms with Crippen molar-refractivity contribution in [2.24, 2.45) is 5.41 Å². The third-order valence-electron chi connectivity index (χ3n) is 4.15. The molecule has 0 saturated carbocycles. The van der Waals surface area contributed by atoms with Crippen LogP contribution in [-0.4, -0.2) is 32.6 Å². The predicted octanol–water partition coefficient (Wildman–Crippen LogP) is 3.29. The van der Waals surface area contributed by atoms with Crippen LogP contribution in [0.15, 0.2) is 30.3 Å². The zero-order valence-electron chi connectivity index (χ0n) is 12.4. The normalized spacial score (nSPS) is 17.6. The van der Waals surface area contributed by atoms with Gasteiger partial charge in [-0.25, -0.2) is 0 Å². The summed E-state index contributed by atoms with van der Waals surface area (Å²) in [5.74, 6) is 0. The number of anilines is 1. The van der Waals surface area contributed by atoms with Crippen molar-refractivity contribution in [3.8, 4) is 0 Å². The third kappa shape index (κ3) is 3.83. The topological polar surface area (TPSA) is 29.5 Å². The molecule has 1 aliphatic rings. The van der Waals surface area contributed by atoms with Crippen LogP contribution in [0.5, 0.6) is 0 Å². The van der Waals surface area contributed by atoms with E-state index in [1.54, 1.807) is 0 Å². The Labute approximate surface area is 121 Å². The zero-order chi connectivity index (χ0) is 14.3. The molecule has 1 heterocycles. The maximum atomic E-state index is 11.6. The van der Waals surface area contributed by atoms with Crippen molar-refractivity contribution in [3.05, 3.63) is 30.3 Å². The predicted molar refractivity (Wildman–Crippen MR) is 82.1 cm³/mol. The zero-order valence-corrected chi connectivity index (χ0v) is 12.4. The maximum absolute atomic E-state index is 11.6. The quantitative estimate of drug-likeness (QED) is 0.715. The van der Waals surface area contributed by atoms with E-state index in [0.717, 1.165) is 38.6 Å². The first-order valence-electron chi connectivity index (χ1n) is 7.64. The van der Waals surface area contributed by atoms with Crippen LogP contribution >= 0.6 is 0 Å². The van der Waals surface area contributed by atoms with Crippen LogP contribution in [0.3, 0.4) is 0 Å². The number of carbonyl (C=O) groups excluding carboxylic acids is 1. The molecule has 0 unspecified atom stereocenters. The number of carbonyl (C=O) groups is 1. The lowest BCUT2D eigenvalue weighted by atomic mass is 9.81.